The van der Waals surface area contributed by atoms with Gasteiger partial charge in [-0.15, -0.1) is 23.2 Å². The molecule has 1 nitrogen and oxygen atoms in total. The largest absolute Gasteiger partial charge is 0.412 e. The Kier molecular flexibility index (Phi) is 5.49. The van der Waals surface area contributed by atoms with Gasteiger partial charge in [0.25, 0.3) is 0 Å². The van der Waals surface area contributed by atoms with E-state index < -0.39 is 0 Å². The number of benzene rings is 2. The summed E-state index contributed by atoms with van der Waals surface area (Å²) in [5.41, 5.74) is 4.69. The lowest BCUT2D eigenvalue weighted by Gasteiger charge is -2.03. The summed E-state index contributed by atoms with van der Waals surface area (Å²) in [6, 6.07) is 16.6. The Morgan fingerprint density at radius 2 is 0.882 bits per heavy atom. The number of rotatable bonds is 3. The Morgan fingerprint density at radius 3 is 1.12 bits per heavy atom. The molecule has 0 saturated carbocycles. The van der Waals surface area contributed by atoms with Gasteiger partial charge in [-0.2, -0.15) is 0 Å². The van der Waals surface area contributed by atoms with Gasteiger partial charge >= 0.3 is 0 Å². The normalized spacial score (nSPS) is 9.76. The van der Waals surface area contributed by atoms with Crippen LogP contribution in [0.1, 0.15) is 11.1 Å². The van der Waals surface area contributed by atoms with Gasteiger partial charge in [-0.1, -0.05) is 48.5 Å². The summed E-state index contributed by atoms with van der Waals surface area (Å²) in [6.45, 7) is 0. The molecule has 3 heteroatoms. The fourth-order valence-electron chi connectivity index (χ4n) is 1.57. The van der Waals surface area contributed by atoms with Crippen molar-refractivity contribution in [1.29, 1.82) is 0 Å². The smallest absolute Gasteiger partial charge is 0.0474 e. The second kappa shape index (κ2) is 6.65. The molecule has 0 aliphatic heterocycles. The minimum atomic E-state index is 0. The van der Waals surface area contributed by atoms with E-state index in [2.05, 4.69) is 48.5 Å². The maximum atomic E-state index is 5.75. The second-order valence-corrected chi connectivity index (χ2v) is 4.20. The van der Waals surface area contributed by atoms with Gasteiger partial charge in [0, 0.05) is 11.8 Å². The molecule has 0 amide bonds. The molecule has 2 aromatic rings. The van der Waals surface area contributed by atoms with Crippen molar-refractivity contribution in [1.82, 2.24) is 0 Å². The summed E-state index contributed by atoms with van der Waals surface area (Å²) in [5.74, 6) is 1.12. The van der Waals surface area contributed by atoms with Crippen molar-refractivity contribution < 1.29 is 5.48 Å². The molecular formula is C14H14Cl2O. The van der Waals surface area contributed by atoms with Gasteiger partial charge in [-0.3, -0.25) is 0 Å². The van der Waals surface area contributed by atoms with E-state index in [1.807, 2.05) is 0 Å². The molecule has 0 heterocycles. The van der Waals surface area contributed by atoms with Crippen molar-refractivity contribution in [2.24, 2.45) is 0 Å². The quantitative estimate of drug-likeness (QED) is 0.754. The third-order valence-electron chi connectivity index (χ3n) is 2.55. The van der Waals surface area contributed by atoms with E-state index in [-0.39, 0.29) is 5.48 Å². The van der Waals surface area contributed by atoms with Crippen LogP contribution in [0.3, 0.4) is 0 Å². The highest BCUT2D eigenvalue weighted by atomic mass is 35.5. The lowest BCUT2D eigenvalue weighted by Crippen LogP contribution is -1.82. The number of hydrogen-bond acceptors (Lipinski definition) is 0. The van der Waals surface area contributed by atoms with E-state index in [1.54, 1.807) is 0 Å². The number of alkyl halides is 2. The number of halogens is 2. The Bertz CT molecular complexity index is 403. The van der Waals surface area contributed by atoms with Gasteiger partial charge in [-0.25, -0.2) is 0 Å². The van der Waals surface area contributed by atoms with Gasteiger partial charge in [0.1, 0.15) is 0 Å². The first-order valence-electron chi connectivity index (χ1n) is 5.13. The molecule has 0 aromatic heterocycles. The van der Waals surface area contributed by atoms with E-state index >= 15 is 0 Å². The molecule has 2 rings (SSSR count). The van der Waals surface area contributed by atoms with Crippen LogP contribution in [0.15, 0.2) is 48.5 Å². The molecule has 0 aliphatic carbocycles. The highest BCUT2D eigenvalue weighted by Gasteiger charge is 1.98. The predicted octanol–water partition coefficient (Wildman–Crippen LogP) is 4.01. The summed E-state index contributed by atoms with van der Waals surface area (Å²) < 4.78 is 0. The van der Waals surface area contributed by atoms with Crippen LogP contribution in [-0.4, -0.2) is 5.48 Å². The first-order chi connectivity index (χ1) is 7.83. The topological polar surface area (TPSA) is 31.5 Å². The van der Waals surface area contributed by atoms with Crippen molar-refractivity contribution in [3.8, 4) is 11.1 Å². The molecule has 17 heavy (non-hydrogen) atoms. The van der Waals surface area contributed by atoms with Crippen molar-refractivity contribution in [3.05, 3.63) is 59.7 Å². The minimum absolute atomic E-state index is 0. The maximum Gasteiger partial charge on any atom is 0.0474 e. The van der Waals surface area contributed by atoms with Crippen molar-refractivity contribution in [2.45, 2.75) is 11.8 Å². The average Bonchev–Trinajstić information content (AvgIpc) is 2.39. The molecule has 0 fully saturated rings. The zero-order valence-corrected chi connectivity index (χ0v) is 10.8. The number of hydrogen-bond donors (Lipinski definition) is 0. The summed E-state index contributed by atoms with van der Waals surface area (Å²) in [4.78, 5) is 0. The molecule has 0 atom stereocenters. The van der Waals surface area contributed by atoms with Crippen LogP contribution in [0.5, 0.6) is 0 Å². The molecule has 0 saturated heterocycles. The summed E-state index contributed by atoms with van der Waals surface area (Å²) >= 11 is 11.5. The van der Waals surface area contributed by atoms with Gasteiger partial charge < -0.3 is 5.48 Å². The molecule has 2 aromatic carbocycles. The lowest BCUT2D eigenvalue weighted by atomic mass is 10.0. The first-order valence-corrected chi connectivity index (χ1v) is 6.20. The van der Waals surface area contributed by atoms with Gasteiger partial charge in [0.2, 0.25) is 0 Å². The molecular weight excluding hydrogens is 255 g/mol. The van der Waals surface area contributed by atoms with Crippen molar-refractivity contribution in [3.63, 3.8) is 0 Å². The highest BCUT2D eigenvalue weighted by molar-refractivity contribution is 6.17. The fraction of sp³-hybridized carbons (Fsp3) is 0.143. The van der Waals surface area contributed by atoms with Crippen LogP contribution in [-0.2, 0) is 11.8 Å². The second-order valence-electron chi connectivity index (χ2n) is 3.66. The van der Waals surface area contributed by atoms with Gasteiger partial charge in [0.15, 0.2) is 0 Å². The molecule has 0 aliphatic rings. The van der Waals surface area contributed by atoms with E-state index in [1.165, 1.54) is 11.1 Å². The summed E-state index contributed by atoms with van der Waals surface area (Å²) in [5, 5.41) is 0. The van der Waals surface area contributed by atoms with Crippen LogP contribution in [0, 0.1) is 0 Å². The van der Waals surface area contributed by atoms with E-state index in [4.69, 9.17) is 23.2 Å². The monoisotopic (exact) mass is 268 g/mol. The van der Waals surface area contributed by atoms with Crippen LogP contribution in [0.25, 0.3) is 11.1 Å². The SMILES string of the molecule is ClCc1ccc(-c2ccc(CCl)cc2)cc1.O. The fourth-order valence-corrected chi connectivity index (χ4v) is 1.93. The average molecular weight is 269 g/mol. The van der Waals surface area contributed by atoms with Crippen LogP contribution in [0.2, 0.25) is 0 Å². The standard InChI is InChI=1S/C14H12Cl2.H2O/c15-9-11-1-5-13(6-2-11)14-7-3-12(10-16)4-8-14;/h1-8H,9-10H2;1H2. The molecule has 0 unspecified atom stereocenters. The zero-order valence-electron chi connectivity index (χ0n) is 9.29. The van der Waals surface area contributed by atoms with E-state index in [0.29, 0.717) is 11.8 Å². The first kappa shape index (κ1) is 14.0. The van der Waals surface area contributed by atoms with E-state index in [0.717, 1.165) is 11.1 Å². The Labute approximate surface area is 111 Å². The molecule has 0 radical (unpaired) electrons. The molecule has 0 bridgehead atoms. The third kappa shape index (κ3) is 3.47. The third-order valence-corrected chi connectivity index (χ3v) is 3.17. The predicted molar refractivity (Wildman–Crippen MR) is 74.6 cm³/mol. The van der Waals surface area contributed by atoms with E-state index in [9.17, 15) is 0 Å². The molecule has 90 valence electrons. The van der Waals surface area contributed by atoms with Gasteiger partial charge in [0.05, 0.1) is 0 Å². The summed E-state index contributed by atoms with van der Waals surface area (Å²) in [7, 11) is 0. The van der Waals surface area contributed by atoms with Crippen LogP contribution in [0.4, 0.5) is 0 Å². The van der Waals surface area contributed by atoms with Gasteiger partial charge in [-0.05, 0) is 22.3 Å². The molecule has 2 N–H and O–H groups in total. The molecule has 0 spiro atoms. The Hall–Kier alpha value is -1.02. The Balaban J connectivity index is 0.00000144. The maximum absolute atomic E-state index is 5.75. The lowest BCUT2D eigenvalue weighted by molar-refractivity contribution is 0.824. The van der Waals surface area contributed by atoms with Crippen molar-refractivity contribution >= 4 is 23.2 Å². The van der Waals surface area contributed by atoms with Crippen LogP contribution < -0.4 is 0 Å². The minimum Gasteiger partial charge on any atom is -0.412 e. The Morgan fingerprint density at radius 1 is 0.588 bits per heavy atom. The summed E-state index contributed by atoms with van der Waals surface area (Å²) in [6.07, 6.45) is 0. The highest BCUT2D eigenvalue weighted by Crippen LogP contribution is 2.21. The van der Waals surface area contributed by atoms with Crippen LogP contribution >= 0.6 is 23.2 Å². The zero-order chi connectivity index (χ0) is 11.4. The van der Waals surface area contributed by atoms with Crippen molar-refractivity contribution in [2.75, 3.05) is 0 Å².